The number of benzene rings is 1. The third-order valence-electron chi connectivity index (χ3n) is 4.00. The van der Waals surface area contributed by atoms with E-state index in [4.69, 9.17) is 47.7 Å². The third-order valence-corrected chi connectivity index (χ3v) is 5.88. The highest BCUT2D eigenvalue weighted by atomic mass is 35.5. The van der Waals surface area contributed by atoms with Crippen LogP contribution in [0, 0.1) is 0 Å². The first-order chi connectivity index (χ1) is 14.6. The van der Waals surface area contributed by atoms with E-state index < -0.39 is 47.7 Å². The van der Waals surface area contributed by atoms with Crippen LogP contribution in [0.25, 0.3) is 10.4 Å². The summed E-state index contributed by atoms with van der Waals surface area (Å²) in [6.07, 6.45) is -3.27. The first-order valence-electron chi connectivity index (χ1n) is 8.91. The molecule has 0 amide bonds. The lowest BCUT2D eigenvalue weighted by atomic mass is 9.97. The molecule has 13 heteroatoms. The molecule has 1 saturated heterocycles. The summed E-state index contributed by atoms with van der Waals surface area (Å²) >= 11 is 13.1. The first-order valence-corrected chi connectivity index (χ1v) is 10.5. The minimum atomic E-state index is -1.16. The Kier molecular flexibility index (Phi) is 9.27. The highest BCUT2D eigenvalue weighted by molar-refractivity contribution is 7.99. The number of carbonyl (C=O) groups excluding carboxylic acids is 3. The fourth-order valence-electron chi connectivity index (χ4n) is 2.85. The standard InChI is InChI=1S/C18H19Cl2N3O7S/c1-8(24)27-7-14-16(28-9(2)25)15(22-23-21)17(29-10(3)26)18(30-14)31-11-4-5-12(19)13(20)6-11/h4-6,14-18H,7H2,1-3H3/t14?,15?,16-,17?,18+/m0/s1. The maximum absolute atomic E-state index is 11.7. The van der Waals surface area contributed by atoms with Gasteiger partial charge in [0.05, 0.1) is 10.0 Å². The number of hydrogen-bond donors (Lipinski definition) is 0. The van der Waals surface area contributed by atoms with Gasteiger partial charge in [-0.15, -0.1) is 0 Å². The van der Waals surface area contributed by atoms with Crippen molar-refractivity contribution in [2.24, 2.45) is 5.11 Å². The van der Waals surface area contributed by atoms with Gasteiger partial charge in [0.25, 0.3) is 0 Å². The fourth-order valence-corrected chi connectivity index (χ4v) is 4.37. The molecule has 0 radical (unpaired) electrons. The lowest BCUT2D eigenvalue weighted by molar-refractivity contribution is -0.201. The summed E-state index contributed by atoms with van der Waals surface area (Å²) in [5.41, 5.74) is 8.17. The number of thioether (sulfide) groups is 1. The van der Waals surface area contributed by atoms with E-state index in [1.54, 1.807) is 18.2 Å². The van der Waals surface area contributed by atoms with Crippen molar-refractivity contribution in [3.63, 3.8) is 0 Å². The molecule has 2 rings (SSSR count). The Balaban J connectivity index is 2.44. The monoisotopic (exact) mass is 491 g/mol. The smallest absolute Gasteiger partial charge is 0.303 e. The summed E-state index contributed by atoms with van der Waals surface area (Å²) in [5.74, 6) is -1.93. The summed E-state index contributed by atoms with van der Waals surface area (Å²) in [7, 11) is 0. The van der Waals surface area contributed by atoms with Gasteiger partial charge in [0.15, 0.2) is 0 Å². The van der Waals surface area contributed by atoms with Crippen LogP contribution in [0.4, 0.5) is 0 Å². The van der Waals surface area contributed by atoms with Gasteiger partial charge < -0.3 is 18.9 Å². The molecule has 168 valence electrons. The van der Waals surface area contributed by atoms with Crippen LogP contribution in [-0.4, -0.2) is 54.3 Å². The van der Waals surface area contributed by atoms with E-state index in [9.17, 15) is 14.4 Å². The van der Waals surface area contributed by atoms with Gasteiger partial charge in [0.2, 0.25) is 0 Å². The number of ether oxygens (including phenoxy) is 4. The van der Waals surface area contributed by atoms with Crippen LogP contribution < -0.4 is 0 Å². The SMILES string of the molecule is CC(=O)OCC1O[C@H](Sc2ccc(Cl)c(Cl)c2)C(OC(C)=O)C(N=[N+]=[N-])[C@H]1OC(C)=O. The second kappa shape index (κ2) is 11.4. The number of esters is 3. The molecule has 31 heavy (non-hydrogen) atoms. The zero-order valence-corrected chi connectivity index (χ0v) is 19.0. The second-order valence-electron chi connectivity index (χ2n) is 6.38. The van der Waals surface area contributed by atoms with E-state index in [1.807, 2.05) is 0 Å². The van der Waals surface area contributed by atoms with Gasteiger partial charge in [-0.05, 0) is 23.7 Å². The van der Waals surface area contributed by atoms with E-state index >= 15 is 0 Å². The number of carbonyl (C=O) groups is 3. The molecule has 0 saturated carbocycles. The molecule has 3 unspecified atom stereocenters. The van der Waals surface area contributed by atoms with Crippen LogP contribution in [-0.2, 0) is 33.3 Å². The number of nitrogens with zero attached hydrogens (tertiary/aromatic N) is 3. The van der Waals surface area contributed by atoms with Gasteiger partial charge in [0, 0.05) is 30.6 Å². The summed E-state index contributed by atoms with van der Waals surface area (Å²) in [6, 6.07) is 3.70. The third kappa shape index (κ3) is 7.19. The maximum atomic E-state index is 11.7. The molecule has 1 aromatic carbocycles. The maximum Gasteiger partial charge on any atom is 0.303 e. The number of rotatable bonds is 7. The topological polar surface area (TPSA) is 137 Å². The normalized spacial score (nSPS) is 25.1. The Labute approximate surface area is 192 Å². The molecular weight excluding hydrogens is 473 g/mol. The van der Waals surface area contributed by atoms with Crippen molar-refractivity contribution in [3.8, 4) is 0 Å². The molecule has 0 N–H and O–H groups in total. The molecule has 1 aliphatic heterocycles. The minimum Gasteiger partial charge on any atom is -0.463 e. The fraction of sp³-hybridized carbons (Fsp3) is 0.500. The van der Waals surface area contributed by atoms with Gasteiger partial charge >= 0.3 is 17.9 Å². The second-order valence-corrected chi connectivity index (χ2v) is 8.37. The Bertz CT molecular complexity index is 897. The number of hydrogen-bond acceptors (Lipinski definition) is 9. The van der Waals surface area contributed by atoms with Crippen LogP contribution in [0.2, 0.25) is 10.0 Å². The van der Waals surface area contributed by atoms with Crippen molar-refractivity contribution in [1.29, 1.82) is 0 Å². The van der Waals surface area contributed by atoms with Gasteiger partial charge in [0.1, 0.15) is 36.4 Å². The molecule has 1 heterocycles. The van der Waals surface area contributed by atoms with Crippen LogP contribution in [0.15, 0.2) is 28.2 Å². The van der Waals surface area contributed by atoms with Gasteiger partial charge in [-0.2, -0.15) is 0 Å². The first kappa shape index (κ1) is 25.1. The Morgan fingerprint density at radius 1 is 1.10 bits per heavy atom. The molecule has 0 bridgehead atoms. The highest BCUT2D eigenvalue weighted by Crippen LogP contribution is 2.39. The lowest BCUT2D eigenvalue weighted by Crippen LogP contribution is -2.59. The molecule has 0 aliphatic carbocycles. The van der Waals surface area contributed by atoms with Crippen LogP contribution in [0.3, 0.4) is 0 Å². The summed E-state index contributed by atoms with van der Waals surface area (Å²) in [6.45, 7) is 3.27. The molecule has 10 nitrogen and oxygen atoms in total. The van der Waals surface area contributed by atoms with E-state index in [0.717, 1.165) is 18.7 Å². The predicted octanol–water partition coefficient (Wildman–Crippen LogP) is 3.92. The molecule has 0 spiro atoms. The number of halogens is 2. The van der Waals surface area contributed by atoms with Crippen molar-refractivity contribution in [3.05, 3.63) is 38.7 Å². The zero-order chi connectivity index (χ0) is 23.1. The average molecular weight is 492 g/mol. The molecule has 1 fully saturated rings. The molecule has 0 aromatic heterocycles. The van der Waals surface area contributed by atoms with Crippen LogP contribution >= 0.6 is 35.0 Å². The highest BCUT2D eigenvalue weighted by Gasteiger charge is 2.50. The number of azide groups is 1. The lowest BCUT2D eigenvalue weighted by Gasteiger charge is -2.43. The molecule has 1 aromatic rings. The van der Waals surface area contributed by atoms with Crippen molar-refractivity contribution in [2.75, 3.05) is 6.61 Å². The van der Waals surface area contributed by atoms with Gasteiger partial charge in [-0.3, -0.25) is 14.4 Å². The van der Waals surface area contributed by atoms with Gasteiger partial charge in [-0.25, -0.2) is 0 Å². The largest absolute Gasteiger partial charge is 0.463 e. The van der Waals surface area contributed by atoms with E-state index in [2.05, 4.69) is 10.0 Å². The molecule has 5 atom stereocenters. The van der Waals surface area contributed by atoms with Gasteiger partial charge in [-0.1, -0.05) is 40.1 Å². The minimum absolute atomic E-state index is 0.282. The predicted molar refractivity (Wildman–Crippen MR) is 112 cm³/mol. The Morgan fingerprint density at radius 2 is 1.74 bits per heavy atom. The average Bonchev–Trinajstić information content (AvgIpc) is 2.67. The quantitative estimate of drug-likeness (QED) is 0.184. The summed E-state index contributed by atoms with van der Waals surface area (Å²) in [4.78, 5) is 38.1. The van der Waals surface area contributed by atoms with Crippen LogP contribution in [0.5, 0.6) is 0 Å². The summed E-state index contributed by atoms with van der Waals surface area (Å²) < 4.78 is 21.7. The van der Waals surface area contributed by atoms with Crippen molar-refractivity contribution >= 4 is 52.9 Å². The van der Waals surface area contributed by atoms with Crippen LogP contribution in [0.1, 0.15) is 20.8 Å². The molecular formula is C18H19Cl2N3O7S. The van der Waals surface area contributed by atoms with Crippen molar-refractivity contribution < 1.29 is 33.3 Å². The zero-order valence-electron chi connectivity index (χ0n) is 16.7. The van der Waals surface area contributed by atoms with E-state index in [1.165, 1.54) is 13.8 Å². The van der Waals surface area contributed by atoms with E-state index in [0.29, 0.717) is 14.9 Å². The van der Waals surface area contributed by atoms with E-state index in [-0.39, 0.29) is 6.61 Å². The van der Waals surface area contributed by atoms with Crippen molar-refractivity contribution in [2.45, 2.75) is 55.5 Å². The van der Waals surface area contributed by atoms with Crippen molar-refractivity contribution in [1.82, 2.24) is 0 Å². The Morgan fingerprint density at radius 3 is 2.29 bits per heavy atom. The Hall–Kier alpha value is -2.17. The molecule has 1 aliphatic rings. The summed E-state index contributed by atoms with van der Waals surface area (Å²) in [5, 5.41) is 4.35.